The molecule has 0 saturated heterocycles. The molecule has 5 heteroatoms. The Kier molecular flexibility index (Phi) is 4.70. The van der Waals surface area contributed by atoms with Crippen molar-refractivity contribution in [2.75, 3.05) is 12.3 Å². The summed E-state index contributed by atoms with van der Waals surface area (Å²) in [7, 11) is -3.50. The van der Waals surface area contributed by atoms with Crippen LogP contribution in [0.3, 0.4) is 0 Å². The third-order valence-electron chi connectivity index (χ3n) is 4.24. The number of sulfonamides is 1. The first-order chi connectivity index (χ1) is 9.40. The van der Waals surface area contributed by atoms with Crippen LogP contribution >= 0.6 is 0 Å². The van der Waals surface area contributed by atoms with E-state index in [4.69, 9.17) is 5.73 Å². The Morgan fingerprint density at radius 2 is 1.80 bits per heavy atom. The minimum Gasteiger partial charge on any atom is -0.398 e. The number of hydrogen-bond donors (Lipinski definition) is 2. The Morgan fingerprint density at radius 1 is 1.20 bits per heavy atom. The van der Waals surface area contributed by atoms with Crippen molar-refractivity contribution < 1.29 is 8.42 Å². The Balaban J connectivity index is 2.04. The van der Waals surface area contributed by atoms with Crippen molar-refractivity contribution >= 4 is 15.7 Å². The maximum Gasteiger partial charge on any atom is 0.242 e. The van der Waals surface area contributed by atoms with Crippen molar-refractivity contribution in [3.05, 3.63) is 23.3 Å². The van der Waals surface area contributed by atoms with Crippen LogP contribution in [0.1, 0.15) is 43.2 Å². The molecule has 1 aromatic rings. The number of rotatable bonds is 5. The van der Waals surface area contributed by atoms with Crippen LogP contribution in [0.2, 0.25) is 0 Å². The van der Waals surface area contributed by atoms with E-state index >= 15 is 0 Å². The Morgan fingerprint density at radius 3 is 2.45 bits per heavy atom. The van der Waals surface area contributed by atoms with Crippen molar-refractivity contribution in [2.24, 2.45) is 5.92 Å². The standard InChI is InChI=1S/C15H24N2O2S/c1-11-9-14(16)15(10-12(11)2)20(18,19)17-8-7-13-5-3-4-6-13/h9-10,13,17H,3-8,16H2,1-2H3. The molecule has 0 heterocycles. The van der Waals surface area contributed by atoms with Crippen LogP contribution in [-0.2, 0) is 10.0 Å². The first-order valence-electron chi connectivity index (χ1n) is 7.26. The van der Waals surface area contributed by atoms with Crippen molar-refractivity contribution in [3.8, 4) is 0 Å². The minimum atomic E-state index is -3.50. The quantitative estimate of drug-likeness (QED) is 0.821. The predicted molar refractivity (Wildman–Crippen MR) is 82.1 cm³/mol. The summed E-state index contributed by atoms with van der Waals surface area (Å²) in [5.41, 5.74) is 8.12. The molecule has 3 N–H and O–H groups in total. The molecule has 0 amide bonds. The summed E-state index contributed by atoms with van der Waals surface area (Å²) < 4.78 is 27.3. The minimum absolute atomic E-state index is 0.201. The van der Waals surface area contributed by atoms with Crippen LogP contribution in [0.5, 0.6) is 0 Å². The molecule has 1 saturated carbocycles. The number of anilines is 1. The van der Waals surface area contributed by atoms with Gasteiger partial charge in [0.15, 0.2) is 0 Å². The van der Waals surface area contributed by atoms with Gasteiger partial charge >= 0.3 is 0 Å². The van der Waals surface area contributed by atoms with E-state index < -0.39 is 10.0 Å². The van der Waals surface area contributed by atoms with Gasteiger partial charge in [-0.05, 0) is 49.4 Å². The zero-order valence-electron chi connectivity index (χ0n) is 12.3. The average Bonchev–Trinajstić information content (AvgIpc) is 2.86. The summed E-state index contributed by atoms with van der Waals surface area (Å²) >= 11 is 0. The molecular weight excluding hydrogens is 272 g/mol. The molecule has 1 aliphatic carbocycles. The van der Waals surface area contributed by atoms with Crippen molar-refractivity contribution in [3.63, 3.8) is 0 Å². The summed E-state index contributed by atoms with van der Waals surface area (Å²) in [6.45, 7) is 4.32. The van der Waals surface area contributed by atoms with Gasteiger partial charge in [0.1, 0.15) is 4.90 Å². The molecule has 0 radical (unpaired) electrons. The SMILES string of the molecule is Cc1cc(N)c(S(=O)(=O)NCCC2CCCC2)cc1C. The zero-order chi connectivity index (χ0) is 14.8. The predicted octanol–water partition coefficient (Wildman–Crippen LogP) is 2.74. The highest BCUT2D eigenvalue weighted by atomic mass is 32.2. The van der Waals surface area contributed by atoms with Crippen LogP contribution < -0.4 is 10.5 Å². The lowest BCUT2D eigenvalue weighted by molar-refractivity contribution is 0.496. The van der Waals surface area contributed by atoms with Crippen LogP contribution in [0, 0.1) is 19.8 Å². The zero-order valence-corrected chi connectivity index (χ0v) is 13.1. The van der Waals surface area contributed by atoms with Gasteiger partial charge in [-0.2, -0.15) is 0 Å². The van der Waals surface area contributed by atoms with Crippen molar-refractivity contribution in [1.29, 1.82) is 0 Å². The molecule has 1 aliphatic rings. The molecule has 1 fully saturated rings. The van der Waals surface area contributed by atoms with E-state index in [0.717, 1.165) is 17.5 Å². The second kappa shape index (κ2) is 6.14. The summed E-state index contributed by atoms with van der Waals surface area (Å²) in [6, 6.07) is 3.38. The second-order valence-corrected chi connectivity index (χ2v) is 7.55. The number of nitrogens with two attached hydrogens (primary N) is 1. The molecule has 20 heavy (non-hydrogen) atoms. The number of nitrogens with one attached hydrogen (secondary N) is 1. The first kappa shape index (κ1) is 15.3. The van der Waals surface area contributed by atoms with E-state index in [1.54, 1.807) is 12.1 Å². The van der Waals surface area contributed by atoms with E-state index in [1.807, 2.05) is 13.8 Å². The van der Waals surface area contributed by atoms with Gasteiger partial charge in [-0.3, -0.25) is 0 Å². The molecular formula is C15H24N2O2S. The van der Waals surface area contributed by atoms with E-state index in [9.17, 15) is 8.42 Å². The van der Waals surface area contributed by atoms with Crippen molar-refractivity contribution in [2.45, 2.75) is 50.8 Å². The summed E-state index contributed by atoms with van der Waals surface area (Å²) in [4.78, 5) is 0.201. The van der Waals surface area contributed by atoms with Gasteiger partial charge in [0.2, 0.25) is 10.0 Å². The van der Waals surface area contributed by atoms with Crippen LogP contribution in [0.15, 0.2) is 17.0 Å². The smallest absolute Gasteiger partial charge is 0.242 e. The molecule has 0 spiro atoms. The molecule has 1 aromatic carbocycles. The Hall–Kier alpha value is -1.07. The number of benzene rings is 1. The highest BCUT2D eigenvalue weighted by Gasteiger charge is 2.20. The van der Waals surface area contributed by atoms with E-state index in [0.29, 0.717) is 18.2 Å². The van der Waals surface area contributed by atoms with E-state index in [2.05, 4.69) is 4.72 Å². The molecule has 0 unspecified atom stereocenters. The fourth-order valence-corrected chi connectivity index (χ4v) is 4.06. The van der Waals surface area contributed by atoms with Gasteiger partial charge in [-0.1, -0.05) is 25.7 Å². The third kappa shape index (κ3) is 3.52. The summed E-state index contributed by atoms with van der Waals surface area (Å²) in [5.74, 6) is 0.676. The van der Waals surface area contributed by atoms with E-state index in [1.165, 1.54) is 25.7 Å². The monoisotopic (exact) mass is 296 g/mol. The normalized spacial score (nSPS) is 16.7. The van der Waals surface area contributed by atoms with Crippen LogP contribution in [0.4, 0.5) is 5.69 Å². The largest absolute Gasteiger partial charge is 0.398 e. The fraction of sp³-hybridized carbons (Fsp3) is 0.600. The molecule has 0 atom stereocenters. The van der Waals surface area contributed by atoms with Gasteiger partial charge in [-0.25, -0.2) is 13.1 Å². The van der Waals surface area contributed by atoms with Gasteiger partial charge < -0.3 is 5.73 Å². The molecule has 112 valence electrons. The summed E-state index contributed by atoms with van der Waals surface area (Å²) in [5, 5.41) is 0. The topological polar surface area (TPSA) is 72.2 Å². The highest BCUT2D eigenvalue weighted by molar-refractivity contribution is 7.89. The lowest BCUT2D eigenvalue weighted by atomic mass is 10.1. The van der Waals surface area contributed by atoms with Gasteiger partial charge in [-0.15, -0.1) is 0 Å². The van der Waals surface area contributed by atoms with E-state index in [-0.39, 0.29) is 4.90 Å². The molecule has 0 aliphatic heterocycles. The second-order valence-electron chi connectivity index (χ2n) is 5.81. The van der Waals surface area contributed by atoms with Crippen LogP contribution in [0.25, 0.3) is 0 Å². The van der Waals surface area contributed by atoms with Gasteiger partial charge in [0.05, 0.1) is 5.69 Å². The molecule has 4 nitrogen and oxygen atoms in total. The van der Waals surface area contributed by atoms with Gasteiger partial charge in [0.25, 0.3) is 0 Å². The molecule has 0 aromatic heterocycles. The van der Waals surface area contributed by atoms with Gasteiger partial charge in [0, 0.05) is 6.54 Å². The Bertz CT molecular complexity index is 576. The molecule has 2 rings (SSSR count). The fourth-order valence-electron chi connectivity index (χ4n) is 2.82. The lowest BCUT2D eigenvalue weighted by Crippen LogP contribution is -2.26. The number of nitrogen functional groups attached to an aromatic ring is 1. The lowest BCUT2D eigenvalue weighted by Gasteiger charge is -2.13. The first-order valence-corrected chi connectivity index (χ1v) is 8.75. The molecule has 0 bridgehead atoms. The number of aryl methyl sites for hydroxylation is 2. The van der Waals surface area contributed by atoms with Crippen molar-refractivity contribution in [1.82, 2.24) is 4.72 Å². The third-order valence-corrected chi connectivity index (χ3v) is 5.75. The maximum absolute atomic E-state index is 12.3. The summed E-state index contributed by atoms with van der Waals surface area (Å²) in [6.07, 6.45) is 5.94. The van der Waals surface area contributed by atoms with Crippen LogP contribution in [-0.4, -0.2) is 15.0 Å². The maximum atomic E-state index is 12.3. The Labute approximate surface area is 121 Å². The number of hydrogen-bond acceptors (Lipinski definition) is 3. The highest BCUT2D eigenvalue weighted by Crippen LogP contribution is 2.27. The average molecular weight is 296 g/mol.